The summed E-state index contributed by atoms with van der Waals surface area (Å²) in [5, 5.41) is 2.78. The SMILES string of the molecule is Cc1cc(N2CCOCC2)nc(CNC(=O)/C=C/c2ccco2)n1. The average molecular weight is 328 g/mol. The summed E-state index contributed by atoms with van der Waals surface area (Å²) in [7, 11) is 0. The van der Waals surface area contributed by atoms with Crippen LogP contribution < -0.4 is 10.2 Å². The van der Waals surface area contributed by atoms with Gasteiger partial charge in [-0.1, -0.05) is 0 Å². The molecule has 126 valence electrons. The van der Waals surface area contributed by atoms with Crippen molar-refractivity contribution in [3.8, 4) is 0 Å². The van der Waals surface area contributed by atoms with Gasteiger partial charge in [0.2, 0.25) is 5.91 Å². The predicted octanol–water partition coefficient (Wildman–Crippen LogP) is 1.54. The Labute approximate surface area is 140 Å². The number of carbonyl (C=O) groups is 1. The molecule has 2 aromatic rings. The van der Waals surface area contributed by atoms with Gasteiger partial charge in [0.15, 0.2) is 0 Å². The number of aryl methyl sites for hydroxylation is 1. The van der Waals surface area contributed by atoms with E-state index in [1.54, 1.807) is 24.5 Å². The Hall–Kier alpha value is -2.67. The molecular weight excluding hydrogens is 308 g/mol. The second-order valence-corrected chi connectivity index (χ2v) is 5.45. The summed E-state index contributed by atoms with van der Waals surface area (Å²) in [5.74, 6) is 1.88. The Kier molecular flexibility index (Phi) is 5.22. The van der Waals surface area contributed by atoms with Gasteiger partial charge in [0.25, 0.3) is 0 Å². The van der Waals surface area contributed by atoms with Gasteiger partial charge in [0, 0.05) is 30.9 Å². The van der Waals surface area contributed by atoms with Gasteiger partial charge < -0.3 is 19.4 Å². The molecule has 1 saturated heterocycles. The van der Waals surface area contributed by atoms with E-state index in [9.17, 15) is 4.79 Å². The number of nitrogens with zero attached hydrogens (tertiary/aromatic N) is 3. The molecule has 0 spiro atoms. The van der Waals surface area contributed by atoms with Crippen LogP contribution in [0.15, 0.2) is 35.0 Å². The first-order chi connectivity index (χ1) is 11.7. The fourth-order valence-electron chi connectivity index (χ4n) is 2.41. The summed E-state index contributed by atoms with van der Waals surface area (Å²) in [6.45, 7) is 5.23. The molecule has 0 radical (unpaired) electrons. The molecule has 24 heavy (non-hydrogen) atoms. The maximum Gasteiger partial charge on any atom is 0.244 e. The van der Waals surface area contributed by atoms with Crippen LogP contribution in [0.1, 0.15) is 17.3 Å². The second-order valence-electron chi connectivity index (χ2n) is 5.45. The largest absolute Gasteiger partial charge is 0.465 e. The summed E-state index contributed by atoms with van der Waals surface area (Å²) in [4.78, 5) is 23.0. The van der Waals surface area contributed by atoms with Crippen LogP contribution in [0, 0.1) is 6.92 Å². The molecular formula is C17H20N4O3. The monoisotopic (exact) mass is 328 g/mol. The summed E-state index contributed by atoms with van der Waals surface area (Å²) in [6.07, 6.45) is 4.61. The number of amides is 1. The highest BCUT2D eigenvalue weighted by molar-refractivity contribution is 5.91. The van der Waals surface area contributed by atoms with Gasteiger partial charge in [-0.05, 0) is 25.1 Å². The number of carbonyl (C=O) groups excluding carboxylic acids is 1. The maximum absolute atomic E-state index is 11.9. The van der Waals surface area contributed by atoms with E-state index in [1.165, 1.54) is 6.08 Å². The second kappa shape index (κ2) is 7.74. The molecule has 7 heteroatoms. The van der Waals surface area contributed by atoms with Crippen LogP contribution in [-0.2, 0) is 16.1 Å². The molecule has 0 aliphatic carbocycles. The molecule has 2 aromatic heterocycles. The minimum atomic E-state index is -0.218. The van der Waals surface area contributed by atoms with Crippen molar-refractivity contribution in [2.45, 2.75) is 13.5 Å². The Bertz CT molecular complexity index is 707. The quantitative estimate of drug-likeness (QED) is 0.839. The molecule has 3 heterocycles. The standard InChI is InChI=1S/C17H20N4O3/c1-13-11-16(21-6-9-23-10-7-21)20-15(19-13)12-18-17(22)5-4-14-3-2-8-24-14/h2-5,8,11H,6-7,9-10,12H2,1H3,(H,18,22)/b5-4+. The van der Waals surface area contributed by atoms with Crippen LogP contribution in [0.5, 0.6) is 0 Å². The minimum absolute atomic E-state index is 0.218. The van der Waals surface area contributed by atoms with Crippen molar-refractivity contribution < 1.29 is 13.9 Å². The molecule has 7 nitrogen and oxygen atoms in total. The third-order valence-electron chi connectivity index (χ3n) is 3.58. The number of ether oxygens (including phenoxy) is 1. The molecule has 0 atom stereocenters. The lowest BCUT2D eigenvalue weighted by atomic mass is 10.3. The van der Waals surface area contributed by atoms with Crippen LogP contribution >= 0.6 is 0 Å². The number of aromatic nitrogens is 2. The van der Waals surface area contributed by atoms with E-state index in [0.29, 0.717) is 24.8 Å². The van der Waals surface area contributed by atoms with E-state index in [4.69, 9.17) is 9.15 Å². The maximum atomic E-state index is 11.9. The highest BCUT2D eigenvalue weighted by atomic mass is 16.5. The van der Waals surface area contributed by atoms with E-state index >= 15 is 0 Å². The van der Waals surface area contributed by atoms with Gasteiger partial charge in [0.05, 0.1) is 26.0 Å². The van der Waals surface area contributed by atoms with E-state index < -0.39 is 0 Å². The first-order valence-corrected chi connectivity index (χ1v) is 7.87. The zero-order chi connectivity index (χ0) is 16.8. The molecule has 0 aromatic carbocycles. The summed E-state index contributed by atoms with van der Waals surface area (Å²) < 4.78 is 10.5. The van der Waals surface area contributed by atoms with Gasteiger partial charge in [-0.15, -0.1) is 0 Å². The molecule has 1 aliphatic heterocycles. The van der Waals surface area contributed by atoms with Gasteiger partial charge in [-0.3, -0.25) is 4.79 Å². The Morgan fingerprint density at radius 3 is 2.96 bits per heavy atom. The molecule has 0 unspecified atom stereocenters. The lowest BCUT2D eigenvalue weighted by Gasteiger charge is -2.28. The number of anilines is 1. The summed E-state index contributed by atoms with van der Waals surface area (Å²) in [6, 6.07) is 5.50. The number of rotatable bonds is 5. The Morgan fingerprint density at radius 2 is 2.21 bits per heavy atom. The average Bonchev–Trinajstić information content (AvgIpc) is 3.12. The molecule has 3 rings (SSSR count). The van der Waals surface area contributed by atoms with Gasteiger partial charge in [-0.2, -0.15) is 0 Å². The molecule has 0 saturated carbocycles. The molecule has 1 N–H and O–H groups in total. The molecule has 0 bridgehead atoms. The minimum Gasteiger partial charge on any atom is -0.465 e. The highest BCUT2D eigenvalue weighted by Crippen LogP contribution is 2.14. The fourth-order valence-corrected chi connectivity index (χ4v) is 2.41. The fraction of sp³-hybridized carbons (Fsp3) is 0.353. The van der Waals surface area contributed by atoms with E-state index in [0.717, 1.165) is 24.6 Å². The van der Waals surface area contributed by atoms with Crippen molar-refractivity contribution in [1.82, 2.24) is 15.3 Å². The van der Waals surface area contributed by atoms with Crippen LogP contribution in [0.2, 0.25) is 0 Å². The smallest absolute Gasteiger partial charge is 0.244 e. The van der Waals surface area contributed by atoms with Crippen LogP contribution in [0.25, 0.3) is 6.08 Å². The number of morpholine rings is 1. The lowest BCUT2D eigenvalue weighted by Crippen LogP contribution is -2.37. The van der Waals surface area contributed by atoms with Crippen molar-refractivity contribution in [3.05, 3.63) is 47.8 Å². The third kappa shape index (κ3) is 4.42. The van der Waals surface area contributed by atoms with E-state index in [1.807, 2.05) is 13.0 Å². The van der Waals surface area contributed by atoms with Crippen molar-refractivity contribution in [2.24, 2.45) is 0 Å². The first-order valence-electron chi connectivity index (χ1n) is 7.87. The Morgan fingerprint density at radius 1 is 1.38 bits per heavy atom. The van der Waals surface area contributed by atoms with Crippen molar-refractivity contribution in [1.29, 1.82) is 0 Å². The number of hydrogen-bond donors (Lipinski definition) is 1. The van der Waals surface area contributed by atoms with Crippen molar-refractivity contribution >= 4 is 17.8 Å². The normalized spacial score (nSPS) is 15.0. The van der Waals surface area contributed by atoms with Crippen LogP contribution in [-0.4, -0.2) is 42.2 Å². The van der Waals surface area contributed by atoms with Crippen LogP contribution in [0.3, 0.4) is 0 Å². The number of nitrogens with one attached hydrogen (secondary N) is 1. The van der Waals surface area contributed by atoms with Crippen molar-refractivity contribution in [2.75, 3.05) is 31.2 Å². The van der Waals surface area contributed by atoms with E-state index in [-0.39, 0.29) is 12.5 Å². The first kappa shape index (κ1) is 16.2. The molecule has 1 aliphatic rings. The van der Waals surface area contributed by atoms with Gasteiger partial charge >= 0.3 is 0 Å². The zero-order valence-electron chi connectivity index (χ0n) is 13.6. The molecule has 1 fully saturated rings. The Balaban J connectivity index is 1.60. The highest BCUT2D eigenvalue weighted by Gasteiger charge is 2.14. The van der Waals surface area contributed by atoms with E-state index in [2.05, 4.69) is 20.2 Å². The topological polar surface area (TPSA) is 80.5 Å². The number of hydrogen-bond acceptors (Lipinski definition) is 6. The predicted molar refractivity (Wildman–Crippen MR) is 89.4 cm³/mol. The summed E-state index contributed by atoms with van der Waals surface area (Å²) in [5.41, 5.74) is 0.877. The van der Waals surface area contributed by atoms with Gasteiger partial charge in [0.1, 0.15) is 17.4 Å². The zero-order valence-corrected chi connectivity index (χ0v) is 13.6. The third-order valence-corrected chi connectivity index (χ3v) is 3.58. The lowest BCUT2D eigenvalue weighted by molar-refractivity contribution is -0.116. The molecule has 1 amide bonds. The number of furan rings is 1. The van der Waals surface area contributed by atoms with Crippen LogP contribution in [0.4, 0.5) is 5.82 Å². The van der Waals surface area contributed by atoms with Gasteiger partial charge in [-0.25, -0.2) is 9.97 Å². The summed E-state index contributed by atoms with van der Waals surface area (Å²) >= 11 is 0. The van der Waals surface area contributed by atoms with Crippen molar-refractivity contribution in [3.63, 3.8) is 0 Å².